The van der Waals surface area contributed by atoms with Crippen LogP contribution in [0.5, 0.6) is 0 Å². The maximum absolute atomic E-state index is 2.51. The van der Waals surface area contributed by atoms with Crippen LogP contribution < -0.4 is 4.57 Å². The summed E-state index contributed by atoms with van der Waals surface area (Å²) < 4.78 is 2.51. The normalized spacial score (nSPS) is 12.2. The third-order valence-electron chi connectivity index (χ3n) is 9.19. The largest absolute Gasteiger partial charge is 0.202 e. The SMILES string of the molecule is CCCCCCCCCCCCCCCCCC(CCCCCCCCCCCCCCCC)[n+]1ccccc1. The fourth-order valence-corrected chi connectivity index (χ4v) is 6.42. The first kappa shape index (κ1) is 37.2. The van der Waals surface area contributed by atoms with Crippen LogP contribution in [0.3, 0.4) is 0 Å². The van der Waals surface area contributed by atoms with Crippen LogP contribution in [0.2, 0.25) is 0 Å². The zero-order valence-corrected chi connectivity index (χ0v) is 27.8. The summed E-state index contributed by atoms with van der Waals surface area (Å²) in [6.07, 6.45) is 49.4. The van der Waals surface area contributed by atoms with E-state index in [1.165, 1.54) is 199 Å². The van der Waals surface area contributed by atoms with Gasteiger partial charge in [-0.25, -0.2) is 4.57 Å². The van der Waals surface area contributed by atoms with Gasteiger partial charge in [-0.2, -0.15) is 0 Å². The van der Waals surface area contributed by atoms with Gasteiger partial charge in [-0.05, 0) is 12.8 Å². The lowest BCUT2D eigenvalue weighted by atomic mass is 9.99. The fourth-order valence-electron chi connectivity index (χ4n) is 6.42. The molecule has 0 saturated heterocycles. The topological polar surface area (TPSA) is 3.88 Å². The van der Waals surface area contributed by atoms with Crippen LogP contribution in [-0.2, 0) is 0 Å². The van der Waals surface area contributed by atoms with Crippen molar-refractivity contribution in [2.45, 2.75) is 219 Å². The standard InChI is InChI=1S/C39H74N/c1-3-5-7-9-11-13-15-17-19-21-23-25-27-29-32-36-39(40-37-33-30-34-38-40)35-31-28-26-24-22-20-18-16-14-12-10-8-6-4-2/h30,33-34,37-39H,3-29,31-32,35-36H2,1-2H3/q+1. The van der Waals surface area contributed by atoms with Crippen LogP contribution in [0.1, 0.15) is 219 Å². The summed E-state index contributed by atoms with van der Waals surface area (Å²) in [6.45, 7) is 4.62. The Morgan fingerprint density at radius 1 is 0.325 bits per heavy atom. The van der Waals surface area contributed by atoms with Crippen molar-refractivity contribution in [2.75, 3.05) is 0 Å². The molecule has 1 unspecified atom stereocenters. The predicted octanol–water partition coefficient (Wildman–Crippen LogP) is 13.6. The van der Waals surface area contributed by atoms with Gasteiger partial charge in [0, 0.05) is 25.0 Å². The highest BCUT2D eigenvalue weighted by molar-refractivity contribution is 4.84. The molecule has 40 heavy (non-hydrogen) atoms. The fraction of sp³-hybridized carbons (Fsp3) is 0.872. The highest BCUT2D eigenvalue weighted by Crippen LogP contribution is 2.20. The predicted molar refractivity (Wildman–Crippen MR) is 180 cm³/mol. The third kappa shape index (κ3) is 24.9. The molecule has 0 saturated carbocycles. The number of hydrogen-bond acceptors (Lipinski definition) is 0. The number of unbranched alkanes of at least 4 members (excludes halogenated alkanes) is 27. The zero-order valence-electron chi connectivity index (χ0n) is 27.8. The van der Waals surface area contributed by atoms with E-state index in [0.717, 1.165) is 0 Å². The molecular formula is C39H74N+. The monoisotopic (exact) mass is 557 g/mol. The minimum atomic E-state index is 0.709. The van der Waals surface area contributed by atoms with Crippen molar-refractivity contribution < 1.29 is 4.57 Å². The number of nitrogens with zero attached hydrogens (tertiary/aromatic N) is 1. The lowest BCUT2D eigenvalue weighted by Crippen LogP contribution is -2.38. The van der Waals surface area contributed by atoms with Crippen molar-refractivity contribution in [3.63, 3.8) is 0 Å². The van der Waals surface area contributed by atoms with Crippen molar-refractivity contribution in [1.29, 1.82) is 0 Å². The van der Waals surface area contributed by atoms with Gasteiger partial charge in [-0.15, -0.1) is 0 Å². The molecule has 1 nitrogen and oxygen atoms in total. The molecule has 1 aromatic rings. The van der Waals surface area contributed by atoms with Crippen LogP contribution in [-0.4, -0.2) is 0 Å². The summed E-state index contributed by atoms with van der Waals surface area (Å²) in [5, 5.41) is 0. The molecule has 0 aromatic carbocycles. The molecule has 0 radical (unpaired) electrons. The molecule has 1 rings (SSSR count). The first-order valence-corrected chi connectivity index (χ1v) is 18.8. The molecule has 0 fully saturated rings. The van der Waals surface area contributed by atoms with Gasteiger partial charge in [0.1, 0.15) is 0 Å². The first-order chi connectivity index (χ1) is 19.9. The molecule has 0 N–H and O–H groups in total. The van der Waals surface area contributed by atoms with Gasteiger partial charge < -0.3 is 0 Å². The van der Waals surface area contributed by atoms with Gasteiger partial charge in [0.25, 0.3) is 0 Å². The van der Waals surface area contributed by atoms with E-state index in [2.05, 4.69) is 49.0 Å². The molecule has 0 amide bonds. The second kappa shape index (κ2) is 31.1. The van der Waals surface area contributed by atoms with Gasteiger partial charge in [-0.3, -0.25) is 0 Å². The highest BCUT2D eigenvalue weighted by atomic mass is 15.0. The van der Waals surface area contributed by atoms with Crippen LogP contribution in [0.25, 0.3) is 0 Å². The molecule has 1 atom stereocenters. The maximum Gasteiger partial charge on any atom is 0.169 e. The molecule has 0 aliphatic carbocycles. The number of pyridine rings is 1. The van der Waals surface area contributed by atoms with Crippen molar-refractivity contribution in [3.05, 3.63) is 30.6 Å². The molecule has 1 heterocycles. The van der Waals surface area contributed by atoms with Gasteiger partial charge in [0.15, 0.2) is 18.4 Å². The second-order valence-corrected chi connectivity index (χ2v) is 13.1. The zero-order chi connectivity index (χ0) is 28.6. The summed E-state index contributed by atoms with van der Waals surface area (Å²) >= 11 is 0. The molecule has 1 aromatic heterocycles. The smallest absolute Gasteiger partial charge is 0.169 e. The number of rotatable bonds is 32. The van der Waals surface area contributed by atoms with Gasteiger partial charge in [0.05, 0.1) is 0 Å². The Morgan fingerprint density at radius 2 is 0.575 bits per heavy atom. The van der Waals surface area contributed by atoms with Gasteiger partial charge >= 0.3 is 0 Å². The number of hydrogen-bond donors (Lipinski definition) is 0. The Labute approximate surface area is 253 Å². The summed E-state index contributed by atoms with van der Waals surface area (Å²) in [4.78, 5) is 0. The van der Waals surface area contributed by atoms with Crippen molar-refractivity contribution in [1.82, 2.24) is 0 Å². The molecule has 0 spiro atoms. The van der Waals surface area contributed by atoms with E-state index in [1.807, 2.05) is 0 Å². The summed E-state index contributed by atoms with van der Waals surface area (Å²) in [5.74, 6) is 0. The Bertz CT molecular complexity index is 582. The molecule has 1 heteroatoms. The van der Waals surface area contributed by atoms with E-state index in [9.17, 15) is 0 Å². The quantitative estimate of drug-likeness (QED) is 0.0613. The maximum atomic E-state index is 2.51. The Morgan fingerprint density at radius 3 is 0.850 bits per heavy atom. The first-order valence-electron chi connectivity index (χ1n) is 18.8. The minimum Gasteiger partial charge on any atom is -0.202 e. The lowest BCUT2D eigenvalue weighted by Gasteiger charge is -2.13. The van der Waals surface area contributed by atoms with E-state index >= 15 is 0 Å². The van der Waals surface area contributed by atoms with E-state index in [4.69, 9.17) is 0 Å². The molecular weight excluding hydrogens is 482 g/mol. The van der Waals surface area contributed by atoms with Crippen LogP contribution in [0.15, 0.2) is 30.6 Å². The van der Waals surface area contributed by atoms with Crippen LogP contribution in [0, 0.1) is 0 Å². The molecule has 0 aliphatic rings. The number of aromatic nitrogens is 1. The molecule has 0 aliphatic heterocycles. The van der Waals surface area contributed by atoms with Gasteiger partial charge in [-0.1, -0.05) is 193 Å². The van der Waals surface area contributed by atoms with Crippen LogP contribution >= 0.6 is 0 Å². The summed E-state index contributed by atoms with van der Waals surface area (Å²) in [7, 11) is 0. The summed E-state index contributed by atoms with van der Waals surface area (Å²) in [5.41, 5.74) is 0. The van der Waals surface area contributed by atoms with Crippen molar-refractivity contribution in [3.8, 4) is 0 Å². The Hall–Kier alpha value is -0.850. The molecule has 0 bridgehead atoms. The van der Waals surface area contributed by atoms with Gasteiger partial charge in [0.2, 0.25) is 0 Å². The Balaban J connectivity index is 1.98. The van der Waals surface area contributed by atoms with E-state index in [-0.39, 0.29) is 0 Å². The lowest BCUT2D eigenvalue weighted by molar-refractivity contribution is -0.724. The summed E-state index contributed by atoms with van der Waals surface area (Å²) in [6, 6.07) is 7.30. The van der Waals surface area contributed by atoms with Crippen LogP contribution in [0.4, 0.5) is 0 Å². The third-order valence-corrected chi connectivity index (χ3v) is 9.19. The van der Waals surface area contributed by atoms with E-state index in [1.54, 1.807) is 0 Å². The van der Waals surface area contributed by atoms with Crippen molar-refractivity contribution in [2.24, 2.45) is 0 Å². The van der Waals surface area contributed by atoms with Crippen molar-refractivity contribution >= 4 is 0 Å². The molecule has 234 valence electrons. The highest BCUT2D eigenvalue weighted by Gasteiger charge is 2.17. The average Bonchev–Trinajstić information content (AvgIpc) is 2.98. The minimum absolute atomic E-state index is 0.709. The Kier molecular flexibility index (Phi) is 28.9. The van der Waals surface area contributed by atoms with E-state index in [0.29, 0.717) is 6.04 Å². The van der Waals surface area contributed by atoms with E-state index < -0.39 is 0 Å². The average molecular weight is 557 g/mol. The second-order valence-electron chi connectivity index (χ2n) is 13.1.